The molecule has 0 saturated heterocycles. The first-order valence-electron chi connectivity index (χ1n) is 9.37. The summed E-state index contributed by atoms with van der Waals surface area (Å²) in [4.78, 5) is 14.2. The van der Waals surface area contributed by atoms with Crippen LogP contribution in [0.4, 0.5) is 5.69 Å². The molecule has 1 aromatic heterocycles. The van der Waals surface area contributed by atoms with Gasteiger partial charge in [0, 0.05) is 18.3 Å². The highest BCUT2D eigenvalue weighted by Crippen LogP contribution is 2.20. The fraction of sp³-hybridized carbons (Fsp3) is 0.227. The molecule has 1 heterocycles. The molecule has 3 aromatic rings. The van der Waals surface area contributed by atoms with Gasteiger partial charge in [0.15, 0.2) is 0 Å². The Bertz CT molecular complexity index is 1120. The number of carbonyl (C=O) groups is 1. The molecule has 30 heavy (non-hydrogen) atoms. The van der Waals surface area contributed by atoms with Crippen LogP contribution in [-0.4, -0.2) is 31.4 Å². The lowest BCUT2D eigenvalue weighted by Crippen LogP contribution is -2.26. The molecule has 1 atom stereocenters. The molecular formula is C22H24N2O5S. The molecule has 2 aromatic carbocycles. The number of nitrogens with one attached hydrogen (secondary N) is 1. The number of amides is 1. The number of aliphatic hydroxyl groups is 1. The molecule has 0 radical (unpaired) electrons. The highest BCUT2D eigenvalue weighted by Gasteiger charge is 2.17. The zero-order valence-electron chi connectivity index (χ0n) is 17.0. The van der Waals surface area contributed by atoms with Crippen molar-refractivity contribution in [3.05, 3.63) is 83.3 Å². The fourth-order valence-corrected chi connectivity index (χ4v) is 3.98. The summed E-state index contributed by atoms with van der Waals surface area (Å²) in [5, 5.41) is 9.54. The van der Waals surface area contributed by atoms with Crippen molar-refractivity contribution in [1.29, 1.82) is 0 Å². The average Bonchev–Trinajstić information content (AvgIpc) is 3.12. The molecule has 1 amide bonds. The lowest BCUT2D eigenvalue weighted by Gasteiger charge is -2.16. The van der Waals surface area contributed by atoms with Gasteiger partial charge in [-0.1, -0.05) is 12.1 Å². The largest absolute Gasteiger partial charge is 0.464 e. The SMILES string of the molecule is Cc1ccc(CN(C)C(=O)c2ccc(NS(=O)(=O)c3ccc(C(C)O)cc3)cc2)o1. The van der Waals surface area contributed by atoms with E-state index in [2.05, 4.69) is 4.72 Å². The maximum atomic E-state index is 12.6. The average molecular weight is 429 g/mol. The first-order valence-corrected chi connectivity index (χ1v) is 10.9. The van der Waals surface area contributed by atoms with E-state index in [9.17, 15) is 18.3 Å². The Labute approximate surface area is 176 Å². The predicted molar refractivity (Wildman–Crippen MR) is 114 cm³/mol. The van der Waals surface area contributed by atoms with Crippen LogP contribution in [0, 0.1) is 6.92 Å². The molecule has 0 spiro atoms. The van der Waals surface area contributed by atoms with Gasteiger partial charge in [-0.15, -0.1) is 0 Å². The quantitative estimate of drug-likeness (QED) is 0.598. The van der Waals surface area contributed by atoms with E-state index in [1.165, 1.54) is 17.0 Å². The maximum absolute atomic E-state index is 12.6. The van der Waals surface area contributed by atoms with E-state index in [1.807, 2.05) is 19.1 Å². The van der Waals surface area contributed by atoms with E-state index in [4.69, 9.17) is 4.42 Å². The molecule has 0 saturated carbocycles. The van der Waals surface area contributed by atoms with E-state index in [-0.39, 0.29) is 10.8 Å². The van der Waals surface area contributed by atoms with Gasteiger partial charge in [0.05, 0.1) is 17.5 Å². The van der Waals surface area contributed by atoms with Crippen LogP contribution in [0.3, 0.4) is 0 Å². The number of benzene rings is 2. The van der Waals surface area contributed by atoms with Crippen LogP contribution < -0.4 is 4.72 Å². The number of furan rings is 1. The van der Waals surface area contributed by atoms with E-state index in [1.54, 1.807) is 50.4 Å². The Morgan fingerprint density at radius 2 is 1.70 bits per heavy atom. The van der Waals surface area contributed by atoms with Crippen LogP contribution in [0.15, 0.2) is 70.0 Å². The van der Waals surface area contributed by atoms with Crippen molar-refractivity contribution in [1.82, 2.24) is 4.90 Å². The van der Waals surface area contributed by atoms with Crippen molar-refractivity contribution in [2.24, 2.45) is 0 Å². The number of sulfonamides is 1. The minimum absolute atomic E-state index is 0.0838. The third kappa shape index (κ3) is 5.08. The van der Waals surface area contributed by atoms with Crippen molar-refractivity contribution < 1.29 is 22.7 Å². The fourth-order valence-electron chi connectivity index (χ4n) is 2.92. The maximum Gasteiger partial charge on any atom is 0.261 e. The van der Waals surface area contributed by atoms with Crippen molar-refractivity contribution in [3.63, 3.8) is 0 Å². The van der Waals surface area contributed by atoms with Crippen LogP contribution >= 0.6 is 0 Å². The first kappa shape index (κ1) is 21.6. The molecule has 3 rings (SSSR count). The molecule has 158 valence electrons. The van der Waals surface area contributed by atoms with Crippen LogP contribution in [0.25, 0.3) is 0 Å². The second-order valence-electron chi connectivity index (χ2n) is 7.10. The summed E-state index contributed by atoms with van der Waals surface area (Å²) in [6.45, 7) is 3.79. The Kier molecular flexibility index (Phi) is 6.28. The van der Waals surface area contributed by atoms with Gasteiger partial charge in [-0.2, -0.15) is 0 Å². The molecule has 7 nitrogen and oxygen atoms in total. The van der Waals surface area contributed by atoms with Gasteiger partial charge in [-0.05, 0) is 67.9 Å². The van der Waals surface area contributed by atoms with Gasteiger partial charge in [0.25, 0.3) is 15.9 Å². The monoisotopic (exact) mass is 428 g/mol. The topological polar surface area (TPSA) is 99.9 Å². The molecule has 8 heteroatoms. The number of carbonyl (C=O) groups excluding carboxylic acids is 1. The van der Waals surface area contributed by atoms with E-state index >= 15 is 0 Å². The number of hydrogen-bond donors (Lipinski definition) is 2. The molecular weight excluding hydrogens is 404 g/mol. The van der Waals surface area contributed by atoms with Gasteiger partial charge < -0.3 is 14.4 Å². The van der Waals surface area contributed by atoms with Crippen molar-refractivity contribution in [3.8, 4) is 0 Å². The van der Waals surface area contributed by atoms with E-state index in [0.29, 0.717) is 29.1 Å². The number of hydrogen-bond acceptors (Lipinski definition) is 5. The summed E-state index contributed by atoms with van der Waals surface area (Å²) < 4.78 is 33.1. The Morgan fingerprint density at radius 1 is 1.07 bits per heavy atom. The molecule has 0 aliphatic rings. The summed E-state index contributed by atoms with van der Waals surface area (Å²) in [7, 11) is -2.11. The highest BCUT2D eigenvalue weighted by molar-refractivity contribution is 7.92. The van der Waals surface area contributed by atoms with Crippen molar-refractivity contribution >= 4 is 21.6 Å². The molecule has 0 aliphatic carbocycles. The Morgan fingerprint density at radius 3 is 2.23 bits per heavy atom. The lowest BCUT2D eigenvalue weighted by molar-refractivity contribution is 0.0775. The zero-order chi connectivity index (χ0) is 21.9. The number of anilines is 1. The normalized spacial score (nSPS) is 12.4. The van der Waals surface area contributed by atoms with Gasteiger partial charge in [-0.25, -0.2) is 8.42 Å². The lowest BCUT2D eigenvalue weighted by atomic mass is 10.1. The van der Waals surface area contributed by atoms with E-state index < -0.39 is 16.1 Å². The third-order valence-electron chi connectivity index (χ3n) is 4.59. The first-order chi connectivity index (χ1) is 14.2. The number of aryl methyl sites for hydroxylation is 1. The second-order valence-corrected chi connectivity index (χ2v) is 8.78. The van der Waals surface area contributed by atoms with Gasteiger partial charge in [-0.3, -0.25) is 9.52 Å². The summed E-state index contributed by atoms with van der Waals surface area (Å²) in [6.07, 6.45) is -0.672. The van der Waals surface area contributed by atoms with Crippen LogP contribution in [0.2, 0.25) is 0 Å². The van der Waals surface area contributed by atoms with Crippen LogP contribution in [-0.2, 0) is 16.6 Å². The summed E-state index contributed by atoms with van der Waals surface area (Å²) in [5.41, 5.74) is 1.41. The number of nitrogens with zero attached hydrogens (tertiary/aromatic N) is 1. The second kappa shape index (κ2) is 8.73. The van der Waals surface area contributed by atoms with Crippen molar-refractivity contribution in [2.45, 2.75) is 31.4 Å². The number of aliphatic hydroxyl groups excluding tert-OH is 1. The molecule has 0 fully saturated rings. The van der Waals surface area contributed by atoms with Gasteiger partial charge in [0.2, 0.25) is 0 Å². The Balaban J connectivity index is 1.68. The minimum atomic E-state index is -3.78. The summed E-state index contributed by atoms with van der Waals surface area (Å²) >= 11 is 0. The minimum Gasteiger partial charge on any atom is -0.464 e. The zero-order valence-corrected chi connectivity index (χ0v) is 17.8. The molecule has 1 unspecified atom stereocenters. The molecule has 2 N–H and O–H groups in total. The predicted octanol–water partition coefficient (Wildman–Crippen LogP) is 3.71. The van der Waals surface area contributed by atoms with Crippen LogP contribution in [0.5, 0.6) is 0 Å². The standard InChI is InChI=1S/C22H24N2O5S/c1-15-4-11-20(29-15)14-24(3)22(26)18-5-9-19(10-6-18)23-30(27,28)21-12-7-17(8-13-21)16(2)25/h4-13,16,23,25H,14H2,1-3H3. The molecule has 0 bridgehead atoms. The van der Waals surface area contributed by atoms with Gasteiger partial charge in [0.1, 0.15) is 11.5 Å². The van der Waals surface area contributed by atoms with Crippen molar-refractivity contribution in [2.75, 3.05) is 11.8 Å². The smallest absolute Gasteiger partial charge is 0.261 e. The van der Waals surface area contributed by atoms with Crippen LogP contribution in [0.1, 0.15) is 40.5 Å². The van der Waals surface area contributed by atoms with Gasteiger partial charge >= 0.3 is 0 Å². The third-order valence-corrected chi connectivity index (χ3v) is 5.99. The summed E-state index contributed by atoms with van der Waals surface area (Å²) in [5.74, 6) is 1.27. The Hall–Kier alpha value is -3.10. The van der Waals surface area contributed by atoms with E-state index in [0.717, 1.165) is 5.76 Å². The highest BCUT2D eigenvalue weighted by atomic mass is 32.2. The number of rotatable bonds is 7. The molecule has 0 aliphatic heterocycles. The summed E-state index contributed by atoms with van der Waals surface area (Å²) in [6, 6.07) is 15.9.